The number of carbonyl (C=O) groups is 1. The van der Waals surface area contributed by atoms with Crippen LogP contribution >= 0.6 is 22.9 Å². The van der Waals surface area contributed by atoms with Gasteiger partial charge in [0.05, 0.1) is 20.9 Å². The highest BCUT2D eigenvalue weighted by molar-refractivity contribution is 7.16. The number of benzene rings is 1. The highest BCUT2D eigenvalue weighted by Gasteiger charge is 2.20. The molecule has 6 heteroatoms. The van der Waals surface area contributed by atoms with E-state index in [1.165, 1.54) is 24.2 Å². The fourth-order valence-electron chi connectivity index (χ4n) is 1.90. The lowest BCUT2D eigenvalue weighted by Gasteiger charge is -2.08. The van der Waals surface area contributed by atoms with Crippen molar-refractivity contribution in [3.63, 3.8) is 0 Å². The number of hydrogen-bond acceptors (Lipinski definition) is 4. The molecular weight excluding hydrogens is 282 g/mol. The average molecular weight is 296 g/mol. The molecule has 1 saturated carbocycles. The maximum absolute atomic E-state index is 11.9. The Bertz CT molecular complexity index is 609. The van der Waals surface area contributed by atoms with E-state index >= 15 is 0 Å². The van der Waals surface area contributed by atoms with Gasteiger partial charge in [-0.15, -0.1) is 11.3 Å². The zero-order valence-corrected chi connectivity index (χ0v) is 11.9. The zero-order valence-electron chi connectivity index (χ0n) is 10.3. The van der Waals surface area contributed by atoms with Gasteiger partial charge in [-0.1, -0.05) is 11.6 Å². The standard InChI is InChI=1S/C13H14ClN3OS/c14-9-3-4-10-13(16-7-19-10)12(9)17-11(18)5-6-15-8-1-2-8/h3-4,7-8,15H,1-2,5-6H2,(H,17,18). The van der Waals surface area contributed by atoms with Crippen LogP contribution in [0.1, 0.15) is 19.3 Å². The Morgan fingerprint density at radius 2 is 2.32 bits per heavy atom. The molecule has 0 aliphatic heterocycles. The van der Waals surface area contributed by atoms with Crippen molar-refractivity contribution in [2.45, 2.75) is 25.3 Å². The van der Waals surface area contributed by atoms with E-state index in [1.54, 1.807) is 11.6 Å². The molecule has 1 aliphatic carbocycles. The molecule has 0 atom stereocenters. The Labute approximate surface area is 120 Å². The summed E-state index contributed by atoms with van der Waals surface area (Å²) in [6.07, 6.45) is 2.91. The number of nitrogens with zero attached hydrogens (tertiary/aromatic N) is 1. The van der Waals surface area contributed by atoms with Gasteiger partial charge in [0.2, 0.25) is 5.91 Å². The monoisotopic (exact) mass is 295 g/mol. The van der Waals surface area contributed by atoms with Crippen molar-refractivity contribution in [1.29, 1.82) is 0 Å². The van der Waals surface area contributed by atoms with E-state index in [4.69, 9.17) is 11.6 Å². The Kier molecular flexibility index (Phi) is 3.68. The van der Waals surface area contributed by atoms with Crippen molar-refractivity contribution in [2.24, 2.45) is 0 Å². The van der Waals surface area contributed by atoms with E-state index in [0.717, 1.165) is 10.2 Å². The van der Waals surface area contributed by atoms with Gasteiger partial charge in [0.25, 0.3) is 0 Å². The van der Waals surface area contributed by atoms with E-state index in [1.807, 2.05) is 6.07 Å². The number of amides is 1. The highest BCUT2D eigenvalue weighted by Crippen LogP contribution is 2.32. The second-order valence-corrected chi connectivity index (χ2v) is 5.94. The van der Waals surface area contributed by atoms with E-state index in [2.05, 4.69) is 15.6 Å². The molecular formula is C13H14ClN3OS. The largest absolute Gasteiger partial charge is 0.323 e. The molecule has 0 saturated heterocycles. The first-order valence-corrected chi connectivity index (χ1v) is 7.55. The van der Waals surface area contributed by atoms with Gasteiger partial charge in [-0.3, -0.25) is 4.79 Å². The molecule has 1 aliphatic rings. The summed E-state index contributed by atoms with van der Waals surface area (Å²) < 4.78 is 1.02. The third-order valence-electron chi connectivity index (χ3n) is 3.08. The van der Waals surface area contributed by atoms with Crippen molar-refractivity contribution in [1.82, 2.24) is 10.3 Å². The van der Waals surface area contributed by atoms with Gasteiger partial charge in [-0.05, 0) is 25.0 Å². The fraction of sp³-hybridized carbons (Fsp3) is 0.385. The highest BCUT2D eigenvalue weighted by atomic mass is 35.5. The van der Waals surface area contributed by atoms with E-state index < -0.39 is 0 Å². The fourth-order valence-corrected chi connectivity index (χ4v) is 2.79. The van der Waals surface area contributed by atoms with Gasteiger partial charge in [-0.2, -0.15) is 0 Å². The normalized spacial score (nSPS) is 14.8. The summed E-state index contributed by atoms with van der Waals surface area (Å²) in [7, 11) is 0. The molecule has 100 valence electrons. The lowest BCUT2D eigenvalue weighted by molar-refractivity contribution is -0.116. The van der Waals surface area contributed by atoms with Crippen LogP contribution in [0.5, 0.6) is 0 Å². The second kappa shape index (κ2) is 5.45. The summed E-state index contributed by atoms with van der Waals surface area (Å²) in [5.41, 5.74) is 3.14. The van der Waals surface area contributed by atoms with Crippen LogP contribution in [0, 0.1) is 0 Å². The number of hydrogen-bond donors (Lipinski definition) is 2. The summed E-state index contributed by atoms with van der Waals surface area (Å²) in [5, 5.41) is 6.71. The van der Waals surface area contributed by atoms with Crippen LogP contribution in [0.4, 0.5) is 5.69 Å². The summed E-state index contributed by atoms with van der Waals surface area (Å²) in [4.78, 5) is 16.2. The Hall–Kier alpha value is -1.17. The van der Waals surface area contributed by atoms with Crippen LogP contribution in [-0.4, -0.2) is 23.5 Å². The molecule has 19 heavy (non-hydrogen) atoms. The number of anilines is 1. The topological polar surface area (TPSA) is 54.0 Å². The molecule has 1 aromatic carbocycles. The third kappa shape index (κ3) is 3.05. The Balaban J connectivity index is 1.67. The molecule has 0 radical (unpaired) electrons. The van der Waals surface area contributed by atoms with Crippen LogP contribution in [0.25, 0.3) is 10.2 Å². The average Bonchev–Trinajstić information content (AvgIpc) is 3.08. The van der Waals surface area contributed by atoms with Crippen molar-refractivity contribution in [2.75, 3.05) is 11.9 Å². The van der Waals surface area contributed by atoms with Gasteiger partial charge in [-0.25, -0.2) is 4.98 Å². The van der Waals surface area contributed by atoms with Gasteiger partial charge >= 0.3 is 0 Å². The maximum atomic E-state index is 11.9. The molecule has 3 rings (SSSR count). The number of halogens is 1. The number of nitrogens with one attached hydrogen (secondary N) is 2. The van der Waals surface area contributed by atoms with Crippen molar-refractivity contribution < 1.29 is 4.79 Å². The van der Waals surface area contributed by atoms with Gasteiger partial charge in [0, 0.05) is 19.0 Å². The molecule has 0 spiro atoms. The quantitative estimate of drug-likeness (QED) is 0.891. The Morgan fingerprint density at radius 3 is 3.11 bits per heavy atom. The zero-order chi connectivity index (χ0) is 13.2. The third-order valence-corrected chi connectivity index (χ3v) is 4.19. The van der Waals surface area contributed by atoms with Crippen LogP contribution in [0.15, 0.2) is 17.6 Å². The molecule has 0 bridgehead atoms. The van der Waals surface area contributed by atoms with E-state index in [0.29, 0.717) is 29.7 Å². The minimum absolute atomic E-state index is 0.0319. The molecule has 4 nitrogen and oxygen atoms in total. The number of thiazole rings is 1. The molecule has 2 N–H and O–H groups in total. The molecule has 1 heterocycles. The maximum Gasteiger partial charge on any atom is 0.225 e. The van der Waals surface area contributed by atoms with Crippen LogP contribution in [0.2, 0.25) is 5.02 Å². The van der Waals surface area contributed by atoms with Crippen LogP contribution < -0.4 is 10.6 Å². The number of carbonyl (C=O) groups excluding carboxylic acids is 1. The van der Waals surface area contributed by atoms with Crippen molar-refractivity contribution in [3.8, 4) is 0 Å². The first-order valence-electron chi connectivity index (χ1n) is 6.29. The molecule has 2 aromatic rings. The van der Waals surface area contributed by atoms with Gasteiger partial charge < -0.3 is 10.6 Å². The molecule has 1 amide bonds. The second-order valence-electron chi connectivity index (χ2n) is 4.65. The van der Waals surface area contributed by atoms with Crippen LogP contribution in [-0.2, 0) is 4.79 Å². The van der Waals surface area contributed by atoms with Crippen LogP contribution in [0.3, 0.4) is 0 Å². The van der Waals surface area contributed by atoms with Gasteiger partial charge in [0.1, 0.15) is 5.52 Å². The predicted octanol–water partition coefficient (Wildman–Crippen LogP) is 3.03. The molecule has 1 fully saturated rings. The van der Waals surface area contributed by atoms with Crippen molar-refractivity contribution >= 4 is 44.7 Å². The summed E-state index contributed by atoms with van der Waals surface area (Å²) in [6, 6.07) is 4.33. The lowest BCUT2D eigenvalue weighted by atomic mass is 10.2. The number of aromatic nitrogens is 1. The summed E-state index contributed by atoms with van der Waals surface area (Å²) in [5.74, 6) is -0.0319. The summed E-state index contributed by atoms with van der Waals surface area (Å²) >= 11 is 7.67. The molecule has 1 aromatic heterocycles. The van der Waals surface area contributed by atoms with E-state index in [-0.39, 0.29) is 5.91 Å². The summed E-state index contributed by atoms with van der Waals surface area (Å²) in [6.45, 7) is 0.709. The minimum atomic E-state index is -0.0319. The first kappa shape index (κ1) is 12.8. The smallest absolute Gasteiger partial charge is 0.225 e. The SMILES string of the molecule is O=C(CCNC1CC1)Nc1c(Cl)ccc2scnc12. The predicted molar refractivity (Wildman–Crippen MR) is 78.9 cm³/mol. The Morgan fingerprint density at radius 1 is 1.47 bits per heavy atom. The van der Waals surface area contributed by atoms with Gasteiger partial charge in [0.15, 0.2) is 0 Å². The minimum Gasteiger partial charge on any atom is -0.323 e. The van der Waals surface area contributed by atoms with E-state index in [9.17, 15) is 4.79 Å². The molecule has 0 unspecified atom stereocenters. The first-order chi connectivity index (χ1) is 9.24. The number of fused-ring (bicyclic) bond motifs is 1. The van der Waals surface area contributed by atoms with Crippen molar-refractivity contribution in [3.05, 3.63) is 22.7 Å². The number of rotatable bonds is 5. The lowest BCUT2D eigenvalue weighted by Crippen LogP contribution is -2.23.